The van der Waals surface area contributed by atoms with Gasteiger partial charge in [-0.3, -0.25) is 0 Å². The molecule has 1 saturated carbocycles. The van der Waals surface area contributed by atoms with Crippen molar-refractivity contribution in [1.82, 2.24) is 0 Å². The Kier molecular flexibility index (Phi) is 2.82. The fourth-order valence-corrected chi connectivity index (χ4v) is 2.53. The summed E-state index contributed by atoms with van der Waals surface area (Å²) in [7, 11) is 0. The maximum Gasteiger partial charge on any atom is 0.158 e. The summed E-state index contributed by atoms with van der Waals surface area (Å²) in [6.45, 7) is 4.13. The number of aliphatic hydroxyl groups is 1. The van der Waals surface area contributed by atoms with Crippen molar-refractivity contribution in [3.63, 3.8) is 0 Å². The topological polar surface area (TPSA) is 38.7 Å². The third kappa shape index (κ3) is 1.58. The maximum atomic E-state index is 10.3. The fraction of sp³-hybridized carbons (Fsp3) is 1.00. The van der Waals surface area contributed by atoms with E-state index < -0.39 is 5.60 Å². The van der Waals surface area contributed by atoms with Gasteiger partial charge in [-0.15, -0.1) is 0 Å². The molecule has 2 fully saturated rings. The second-order valence-electron chi connectivity index (χ2n) is 4.45. The van der Waals surface area contributed by atoms with Crippen LogP contribution in [-0.4, -0.2) is 29.2 Å². The van der Waals surface area contributed by atoms with Gasteiger partial charge < -0.3 is 14.6 Å². The first-order valence-corrected chi connectivity index (χ1v) is 5.73. The molecule has 1 heterocycles. The average molecular weight is 200 g/mol. The summed E-state index contributed by atoms with van der Waals surface area (Å²) in [6.07, 6.45) is 4.50. The van der Waals surface area contributed by atoms with E-state index >= 15 is 0 Å². The predicted molar refractivity (Wildman–Crippen MR) is 52.9 cm³/mol. The molecule has 4 atom stereocenters. The summed E-state index contributed by atoms with van der Waals surface area (Å²) < 4.78 is 11.5. The first kappa shape index (κ1) is 10.4. The van der Waals surface area contributed by atoms with Gasteiger partial charge in [-0.25, -0.2) is 0 Å². The van der Waals surface area contributed by atoms with Gasteiger partial charge in [0, 0.05) is 0 Å². The lowest BCUT2D eigenvalue weighted by atomic mass is 9.96. The van der Waals surface area contributed by atoms with Crippen molar-refractivity contribution >= 4 is 0 Å². The van der Waals surface area contributed by atoms with Crippen LogP contribution in [0.1, 0.15) is 46.0 Å². The molecule has 3 nitrogen and oxygen atoms in total. The largest absolute Gasteiger partial charge is 0.387 e. The highest BCUT2D eigenvalue weighted by atomic mass is 16.7. The molecule has 1 saturated heterocycles. The van der Waals surface area contributed by atoms with Crippen molar-refractivity contribution < 1.29 is 14.6 Å². The Bertz CT molecular complexity index is 207. The van der Waals surface area contributed by atoms with Crippen LogP contribution in [0, 0.1) is 0 Å². The Morgan fingerprint density at radius 1 is 1.36 bits per heavy atom. The Morgan fingerprint density at radius 3 is 2.79 bits per heavy atom. The highest BCUT2D eigenvalue weighted by Gasteiger charge is 2.52. The van der Waals surface area contributed by atoms with Gasteiger partial charge in [-0.2, -0.15) is 0 Å². The van der Waals surface area contributed by atoms with Gasteiger partial charge in [0.2, 0.25) is 0 Å². The van der Waals surface area contributed by atoms with Crippen molar-refractivity contribution in [2.75, 3.05) is 0 Å². The van der Waals surface area contributed by atoms with Crippen molar-refractivity contribution in [2.24, 2.45) is 0 Å². The number of hydrogen-bond donors (Lipinski definition) is 1. The molecule has 0 aromatic rings. The average Bonchev–Trinajstić information content (AvgIpc) is 2.69. The minimum absolute atomic E-state index is 0.0756. The van der Waals surface area contributed by atoms with Crippen LogP contribution < -0.4 is 0 Å². The van der Waals surface area contributed by atoms with Crippen molar-refractivity contribution in [3.05, 3.63) is 0 Å². The highest BCUT2D eigenvalue weighted by Crippen LogP contribution is 2.42. The van der Waals surface area contributed by atoms with Gasteiger partial charge in [0.15, 0.2) is 6.29 Å². The standard InChI is InChI=1S/C11H20O3/c1-3-5-9-13-8-6-7-11(12,4-2)10(8)14-9/h8-10,12H,3-7H2,1-2H3/t8-,9-,10-,11+/m0/s1. The molecular weight excluding hydrogens is 180 g/mol. The van der Waals surface area contributed by atoms with Crippen molar-refractivity contribution in [1.29, 1.82) is 0 Å². The monoisotopic (exact) mass is 200 g/mol. The van der Waals surface area contributed by atoms with Gasteiger partial charge in [-0.1, -0.05) is 20.3 Å². The molecule has 82 valence electrons. The van der Waals surface area contributed by atoms with Gasteiger partial charge in [0.25, 0.3) is 0 Å². The van der Waals surface area contributed by atoms with Crippen LogP contribution >= 0.6 is 0 Å². The van der Waals surface area contributed by atoms with Crippen LogP contribution in [0.15, 0.2) is 0 Å². The lowest BCUT2D eigenvalue weighted by molar-refractivity contribution is -0.124. The second kappa shape index (κ2) is 3.80. The minimum atomic E-state index is -0.632. The Balaban J connectivity index is 1.99. The second-order valence-corrected chi connectivity index (χ2v) is 4.45. The van der Waals surface area contributed by atoms with E-state index in [0.29, 0.717) is 0 Å². The summed E-state index contributed by atoms with van der Waals surface area (Å²) in [5.74, 6) is 0. The zero-order valence-electron chi connectivity index (χ0n) is 9.03. The summed E-state index contributed by atoms with van der Waals surface area (Å²) in [5, 5.41) is 10.3. The van der Waals surface area contributed by atoms with E-state index in [2.05, 4.69) is 6.92 Å². The fourth-order valence-electron chi connectivity index (χ4n) is 2.53. The summed E-state index contributed by atoms with van der Waals surface area (Å²) in [4.78, 5) is 0. The minimum Gasteiger partial charge on any atom is -0.387 e. The molecule has 2 rings (SSSR count). The molecule has 0 bridgehead atoms. The molecular formula is C11H20O3. The molecule has 0 amide bonds. The third-order valence-corrected chi connectivity index (χ3v) is 3.49. The molecule has 14 heavy (non-hydrogen) atoms. The van der Waals surface area contributed by atoms with Crippen LogP contribution in [0.25, 0.3) is 0 Å². The van der Waals surface area contributed by atoms with Gasteiger partial charge in [-0.05, 0) is 25.7 Å². The summed E-state index contributed by atoms with van der Waals surface area (Å²) in [5.41, 5.74) is -0.632. The van der Waals surface area contributed by atoms with E-state index in [1.54, 1.807) is 0 Å². The van der Waals surface area contributed by atoms with Crippen LogP contribution in [-0.2, 0) is 9.47 Å². The molecule has 1 aliphatic heterocycles. The molecule has 0 unspecified atom stereocenters. The Labute approximate surface area is 85.4 Å². The van der Waals surface area contributed by atoms with E-state index in [1.165, 1.54) is 0 Å². The first-order chi connectivity index (χ1) is 6.69. The zero-order chi connectivity index (χ0) is 10.2. The lowest BCUT2D eigenvalue weighted by Crippen LogP contribution is -2.40. The predicted octanol–water partition coefficient (Wildman–Crippen LogP) is 1.83. The van der Waals surface area contributed by atoms with Gasteiger partial charge in [0.1, 0.15) is 6.10 Å². The molecule has 1 aliphatic carbocycles. The highest BCUT2D eigenvalue weighted by molar-refractivity contribution is 5.01. The summed E-state index contributed by atoms with van der Waals surface area (Å²) in [6, 6.07) is 0. The Morgan fingerprint density at radius 2 is 2.14 bits per heavy atom. The maximum absolute atomic E-state index is 10.3. The lowest BCUT2D eigenvalue weighted by Gasteiger charge is -2.26. The number of hydrogen-bond acceptors (Lipinski definition) is 3. The molecule has 0 spiro atoms. The quantitative estimate of drug-likeness (QED) is 0.755. The normalized spacial score (nSPS) is 46.9. The Hall–Kier alpha value is -0.120. The number of rotatable bonds is 3. The molecule has 1 N–H and O–H groups in total. The zero-order valence-corrected chi connectivity index (χ0v) is 9.03. The van der Waals surface area contributed by atoms with Crippen LogP contribution in [0.2, 0.25) is 0 Å². The molecule has 2 aliphatic rings. The first-order valence-electron chi connectivity index (χ1n) is 5.73. The van der Waals surface area contributed by atoms with E-state index in [9.17, 15) is 5.11 Å². The van der Waals surface area contributed by atoms with Crippen LogP contribution in [0.5, 0.6) is 0 Å². The SMILES string of the molecule is CCC[C@H]1O[C@H]2CC[C@](O)(CC)[C@H]2O1. The van der Waals surface area contributed by atoms with Gasteiger partial charge in [0.05, 0.1) is 11.7 Å². The molecule has 0 radical (unpaired) electrons. The van der Waals surface area contributed by atoms with Crippen LogP contribution in [0.3, 0.4) is 0 Å². The van der Waals surface area contributed by atoms with E-state index in [1.807, 2.05) is 6.92 Å². The number of fused-ring (bicyclic) bond motifs is 1. The molecule has 0 aromatic carbocycles. The van der Waals surface area contributed by atoms with Crippen molar-refractivity contribution in [3.8, 4) is 0 Å². The van der Waals surface area contributed by atoms with E-state index in [-0.39, 0.29) is 18.5 Å². The molecule has 0 aromatic heterocycles. The molecule has 3 heteroatoms. The third-order valence-electron chi connectivity index (χ3n) is 3.49. The van der Waals surface area contributed by atoms with E-state index in [0.717, 1.165) is 32.1 Å². The van der Waals surface area contributed by atoms with E-state index in [4.69, 9.17) is 9.47 Å². The summed E-state index contributed by atoms with van der Waals surface area (Å²) >= 11 is 0. The van der Waals surface area contributed by atoms with Crippen LogP contribution in [0.4, 0.5) is 0 Å². The van der Waals surface area contributed by atoms with Gasteiger partial charge >= 0.3 is 0 Å². The number of ether oxygens (including phenoxy) is 2. The smallest absolute Gasteiger partial charge is 0.158 e. The van der Waals surface area contributed by atoms with Crippen molar-refractivity contribution in [2.45, 2.75) is 70.1 Å².